The van der Waals surface area contributed by atoms with Crippen LogP contribution in [-0.4, -0.2) is 29.2 Å². The van der Waals surface area contributed by atoms with Crippen LogP contribution in [0.15, 0.2) is 70.6 Å². The predicted molar refractivity (Wildman–Crippen MR) is 171 cm³/mol. The van der Waals surface area contributed by atoms with Crippen LogP contribution in [0.4, 0.5) is 11.4 Å². The van der Waals surface area contributed by atoms with Crippen molar-refractivity contribution in [3.8, 4) is 18.1 Å². The van der Waals surface area contributed by atoms with Gasteiger partial charge in [-0.2, -0.15) is 0 Å². The quantitative estimate of drug-likeness (QED) is 0.0944. The van der Waals surface area contributed by atoms with Crippen molar-refractivity contribution in [3.05, 3.63) is 88.5 Å². The number of nitrogens with zero attached hydrogens (tertiary/aromatic N) is 2. The fourth-order valence-corrected chi connectivity index (χ4v) is 4.70. The number of hydrogen-bond donors (Lipinski definition) is 2. The second-order valence-electron chi connectivity index (χ2n) is 10.2. The molecule has 0 amide bonds. The second-order valence-corrected chi connectivity index (χ2v) is 10.2. The van der Waals surface area contributed by atoms with Crippen LogP contribution in [-0.2, 0) is 13.2 Å². The number of aliphatic hydroxyl groups is 2. The summed E-state index contributed by atoms with van der Waals surface area (Å²) in [7, 11) is 0. The molecular formula is C36H44N2O3. The Morgan fingerprint density at radius 1 is 0.707 bits per heavy atom. The van der Waals surface area contributed by atoms with Gasteiger partial charge in [0.1, 0.15) is 5.75 Å². The van der Waals surface area contributed by atoms with E-state index in [1.807, 2.05) is 60.7 Å². The van der Waals surface area contributed by atoms with Crippen molar-refractivity contribution < 1.29 is 14.9 Å². The Balaban J connectivity index is 1.78. The lowest BCUT2D eigenvalue weighted by Crippen LogP contribution is -2.04. The van der Waals surface area contributed by atoms with Crippen LogP contribution in [0, 0.1) is 12.3 Å². The fourth-order valence-electron chi connectivity index (χ4n) is 4.70. The zero-order valence-electron chi connectivity index (χ0n) is 24.4. The summed E-state index contributed by atoms with van der Waals surface area (Å²) in [6, 6.07) is 18.7. The van der Waals surface area contributed by atoms with Gasteiger partial charge in [0.05, 0.1) is 31.2 Å². The summed E-state index contributed by atoms with van der Waals surface area (Å²) in [6.45, 7) is 2.64. The van der Waals surface area contributed by atoms with Gasteiger partial charge in [0.2, 0.25) is 0 Å². The molecule has 41 heavy (non-hydrogen) atoms. The largest absolute Gasteiger partial charge is 0.492 e. The monoisotopic (exact) mass is 552 g/mol. The van der Waals surface area contributed by atoms with Gasteiger partial charge in [0.25, 0.3) is 0 Å². The number of unbranched alkanes of at least 4 members (excludes halogenated alkanes) is 9. The maximum Gasteiger partial charge on any atom is 0.136 e. The van der Waals surface area contributed by atoms with Crippen molar-refractivity contribution in [1.82, 2.24) is 0 Å². The van der Waals surface area contributed by atoms with Gasteiger partial charge in [0, 0.05) is 40.2 Å². The second kappa shape index (κ2) is 18.6. The van der Waals surface area contributed by atoms with Crippen molar-refractivity contribution in [2.75, 3.05) is 6.61 Å². The van der Waals surface area contributed by atoms with Crippen LogP contribution >= 0.6 is 0 Å². The van der Waals surface area contributed by atoms with Gasteiger partial charge < -0.3 is 14.9 Å². The van der Waals surface area contributed by atoms with Crippen molar-refractivity contribution in [2.45, 2.75) is 84.3 Å². The molecule has 0 spiro atoms. The first-order chi connectivity index (χ1) is 20.2. The van der Waals surface area contributed by atoms with E-state index in [9.17, 15) is 10.2 Å². The molecule has 0 radical (unpaired) electrons. The highest BCUT2D eigenvalue weighted by Gasteiger charge is 2.11. The van der Waals surface area contributed by atoms with E-state index in [-0.39, 0.29) is 13.2 Å². The van der Waals surface area contributed by atoms with Gasteiger partial charge in [-0.3, -0.25) is 9.98 Å². The molecule has 3 rings (SSSR count). The third-order valence-electron chi connectivity index (χ3n) is 7.07. The molecule has 0 atom stereocenters. The molecule has 5 heteroatoms. The maximum absolute atomic E-state index is 9.73. The number of terminal acetylenes is 1. The summed E-state index contributed by atoms with van der Waals surface area (Å²) < 4.78 is 6.38. The topological polar surface area (TPSA) is 74.4 Å². The number of aliphatic hydroxyl groups excluding tert-OH is 2. The summed E-state index contributed by atoms with van der Waals surface area (Å²) in [5.41, 5.74) is 5.04. The summed E-state index contributed by atoms with van der Waals surface area (Å²) in [5.74, 6) is 3.39. The van der Waals surface area contributed by atoms with Crippen LogP contribution < -0.4 is 4.74 Å². The number of ether oxygens (including phenoxy) is 1. The van der Waals surface area contributed by atoms with Crippen molar-refractivity contribution in [2.24, 2.45) is 9.98 Å². The smallest absolute Gasteiger partial charge is 0.136 e. The van der Waals surface area contributed by atoms with Crippen molar-refractivity contribution >= 4 is 23.8 Å². The van der Waals surface area contributed by atoms with Crippen molar-refractivity contribution in [1.29, 1.82) is 0 Å². The first-order valence-corrected chi connectivity index (χ1v) is 14.9. The average molecular weight is 553 g/mol. The highest BCUT2D eigenvalue weighted by Crippen LogP contribution is 2.28. The summed E-state index contributed by atoms with van der Waals surface area (Å²) in [5, 5.41) is 19.5. The highest BCUT2D eigenvalue weighted by molar-refractivity contribution is 5.94. The van der Waals surface area contributed by atoms with E-state index in [0.717, 1.165) is 35.1 Å². The highest BCUT2D eigenvalue weighted by atomic mass is 16.5. The first kappa shape index (κ1) is 31.8. The molecule has 0 unspecified atom stereocenters. The Kier molecular flexibility index (Phi) is 14.4. The molecule has 2 N–H and O–H groups in total. The van der Waals surface area contributed by atoms with Gasteiger partial charge in [-0.1, -0.05) is 107 Å². The third kappa shape index (κ3) is 10.6. The SMILES string of the molecule is C#Cc1cc(C=Nc2ccccc2CO)c(OCCCCCCCCCCCC)c(C=Nc2ccccc2CO)c1. The van der Waals surface area contributed by atoms with Gasteiger partial charge in [0.15, 0.2) is 0 Å². The van der Waals surface area contributed by atoms with E-state index >= 15 is 0 Å². The molecule has 0 fully saturated rings. The summed E-state index contributed by atoms with van der Waals surface area (Å²) >= 11 is 0. The zero-order valence-corrected chi connectivity index (χ0v) is 24.4. The Morgan fingerprint density at radius 2 is 1.17 bits per heavy atom. The number of para-hydroxylation sites is 2. The predicted octanol–water partition coefficient (Wildman–Crippen LogP) is 8.45. The molecular weight excluding hydrogens is 508 g/mol. The Labute approximate surface area is 246 Å². The molecule has 5 nitrogen and oxygen atoms in total. The van der Waals surface area contributed by atoms with Crippen molar-refractivity contribution in [3.63, 3.8) is 0 Å². The van der Waals surface area contributed by atoms with Crippen LogP contribution in [0.3, 0.4) is 0 Å². The average Bonchev–Trinajstić information content (AvgIpc) is 3.02. The van der Waals surface area contributed by atoms with E-state index in [1.54, 1.807) is 12.4 Å². The minimum absolute atomic E-state index is 0.0951. The minimum atomic E-state index is -0.0951. The van der Waals surface area contributed by atoms with E-state index in [2.05, 4.69) is 22.8 Å². The summed E-state index contributed by atoms with van der Waals surface area (Å²) in [6.07, 6.45) is 21.8. The molecule has 0 saturated carbocycles. The molecule has 0 aromatic heterocycles. The molecule has 0 aliphatic rings. The Morgan fingerprint density at radius 3 is 1.63 bits per heavy atom. The number of hydrogen-bond acceptors (Lipinski definition) is 5. The van der Waals surface area contributed by atoms with Crippen LogP contribution in [0.2, 0.25) is 0 Å². The van der Waals surface area contributed by atoms with Crippen LogP contribution in [0.5, 0.6) is 5.75 Å². The summed E-state index contributed by atoms with van der Waals surface area (Å²) in [4.78, 5) is 9.33. The van der Waals surface area contributed by atoms with Crippen LogP contribution in [0.1, 0.15) is 98.9 Å². The standard InChI is InChI=1S/C36H44N2O3/c1-3-5-6-7-8-9-10-11-12-17-22-41-36-32(25-37-34-20-15-13-18-30(34)27-39)23-29(4-2)24-33(36)26-38-35-21-16-14-19-31(35)28-40/h2,13-16,18-21,23-26,39-40H,3,5-12,17,22,27-28H2,1H3. The lowest BCUT2D eigenvalue weighted by molar-refractivity contribution is 0.282. The minimum Gasteiger partial charge on any atom is -0.492 e. The third-order valence-corrected chi connectivity index (χ3v) is 7.07. The zero-order chi connectivity index (χ0) is 29.1. The molecule has 0 aliphatic heterocycles. The van der Waals surface area contributed by atoms with Gasteiger partial charge in [-0.05, 0) is 30.7 Å². The molecule has 0 aliphatic carbocycles. The molecule has 0 bridgehead atoms. The lowest BCUT2D eigenvalue weighted by atomic mass is 10.0. The lowest BCUT2D eigenvalue weighted by Gasteiger charge is -2.14. The molecule has 0 heterocycles. The van der Waals surface area contributed by atoms with Gasteiger partial charge >= 0.3 is 0 Å². The molecule has 3 aromatic carbocycles. The van der Waals surface area contributed by atoms with Gasteiger partial charge in [-0.15, -0.1) is 6.42 Å². The Bertz CT molecular complexity index is 1230. The van der Waals surface area contributed by atoms with E-state index < -0.39 is 0 Å². The fraction of sp³-hybridized carbons (Fsp3) is 0.389. The molecule has 3 aromatic rings. The number of benzene rings is 3. The number of rotatable bonds is 18. The number of aliphatic imine (C=N–C) groups is 2. The Hall–Kier alpha value is -3.72. The van der Waals surface area contributed by atoms with Gasteiger partial charge in [-0.25, -0.2) is 0 Å². The first-order valence-electron chi connectivity index (χ1n) is 14.9. The normalized spacial score (nSPS) is 11.4. The maximum atomic E-state index is 9.73. The van der Waals surface area contributed by atoms with E-state index in [1.165, 1.54) is 51.4 Å². The van der Waals surface area contributed by atoms with E-state index in [0.29, 0.717) is 29.3 Å². The van der Waals surface area contributed by atoms with Crippen LogP contribution in [0.25, 0.3) is 0 Å². The van der Waals surface area contributed by atoms with E-state index in [4.69, 9.17) is 11.2 Å². The molecule has 216 valence electrons. The molecule has 0 saturated heterocycles.